The number of anilines is 2. The van der Waals surface area contributed by atoms with Crippen molar-refractivity contribution in [2.45, 2.75) is 70.8 Å². The molecule has 0 amide bonds. The lowest BCUT2D eigenvalue weighted by atomic mass is 9.87. The molecule has 37 heavy (non-hydrogen) atoms. The molecule has 1 aliphatic rings. The first kappa shape index (κ1) is 28.3. The summed E-state index contributed by atoms with van der Waals surface area (Å²) in [6.45, 7) is 3.24. The molecule has 0 atom stereocenters. The predicted octanol–water partition coefficient (Wildman–Crippen LogP) is 5.71. The van der Waals surface area contributed by atoms with E-state index in [-0.39, 0.29) is 24.6 Å². The fourth-order valence-corrected chi connectivity index (χ4v) is 4.41. The van der Waals surface area contributed by atoms with Crippen molar-refractivity contribution in [1.29, 1.82) is 0 Å². The Morgan fingerprint density at radius 1 is 0.946 bits per heavy atom. The number of hydrogen-bond donors (Lipinski definition) is 2. The Morgan fingerprint density at radius 2 is 1.70 bits per heavy atom. The number of benzene rings is 2. The molecule has 200 valence electrons. The lowest BCUT2D eigenvalue weighted by Gasteiger charge is -2.27. The second kappa shape index (κ2) is 15.1. The van der Waals surface area contributed by atoms with Gasteiger partial charge in [0.1, 0.15) is 5.75 Å². The molecule has 2 aromatic rings. The topological polar surface area (TPSA) is 114 Å². The lowest BCUT2D eigenvalue weighted by molar-refractivity contribution is -0.141. The zero-order valence-corrected chi connectivity index (χ0v) is 21.8. The maximum atomic E-state index is 12.6. The molecule has 0 aliphatic heterocycles. The molecule has 0 aromatic heterocycles. The molecule has 1 aliphatic carbocycles. The lowest BCUT2D eigenvalue weighted by Crippen LogP contribution is -2.29. The Hall–Kier alpha value is -3.32. The van der Waals surface area contributed by atoms with E-state index in [1.54, 1.807) is 42.5 Å². The zero-order valence-electron chi connectivity index (χ0n) is 21.8. The summed E-state index contributed by atoms with van der Waals surface area (Å²) in [5.41, 5.74) is 14.5. The van der Waals surface area contributed by atoms with E-state index in [0.717, 1.165) is 49.8 Å². The van der Waals surface area contributed by atoms with E-state index >= 15 is 0 Å². The van der Waals surface area contributed by atoms with Crippen LogP contribution in [-0.4, -0.2) is 31.3 Å². The summed E-state index contributed by atoms with van der Waals surface area (Å²) in [5, 5.41) is 0. The molecule has 3 rings (SSSR count). The highest BCUT2D eigenvalue weighted by Gasteiger charge is 2.28. The zero-order chi connectivity index (χ0) is 26.5. The van der Waals surface area contributed by atoms with Gasteiger partial charge in [0, 0.05) is 30.5 Å². The van der Waals surface area contributed by atoms with Crippen LogP contribution in [-0.2, 0) is 25.5 Å². The fourth-order valence-electron chi connectivity index (χ4n) is 4.41. The van der Waals surface area contributed by atoms with Gasteiger partial charge >= 0.3 is 11.9 Å². The van der Waals surface area contributed by atoms with Gasteiger partial charge in [-0.05, 0) is 73.6 Å². The number of hydrogen-bond acceptors (Lipinski definition) is 7. The molecule has 0 spiro atoms. The molecule has 0 bridgehead atoms. The summed E-state index contributed by atoms with van der Waals surface area (Å²) in [6.07, 6.45) is 12.0. The molecule has 2 aromatic carbocycles. The van der Waals surface area contributed by atoms with Gasteiger partial charge in [0.25, 0.3) is 0 Å². The summed E-state index contributed by atoms with van der Waals surface area (Å²) in [4.78, 5) is 24.6. The molecule has 1 fully saturated rings. The predicted molar refractivity (Wildman–Crippen MR) is 147 cm³/mol. The van der Waals surface area contributed by atoms with E-state index in [1.165, 1.54) is 25.3 Å². The normalized spacial score (nSPS) is 17.5. The van der Waals surface area contributed by atoms with E-state index in [2.05, 4.69) is 6.92 Å². The SMILES string of the molecule is CCCCCCOC1CCC(C(=O)Oc2ccc(/C=C/C(=O)OCCc3ccc(N)cc3N)cc2)CC1. The minimum absolute atomic E-state index is 0.0853. The van der Waals surface area contributed by atoms with Gasteiger partial charge in [0.15, 0.2) is 0 Å². The molecule has 7 nitrogen and oxygen atoms in total. The smallest absolute Gasteiger partial charge is 0.330 e. The van der Waals surface area contributed by atoms with Crippen LogP contribution in [0.15, 0.2) is 48.5 Å². The standard InChI is InChI=1S/C30H40N2O5/c1-2-3-4-5-19-35-26-15-10-24(11-16-26)30(34)37-27-13-6-22(7-14-27)8-17-29(33)36-20-18-23-9-12-25(31)21-28(23)32/h6-9,12-14,17,21,24,26H,2-5,10-11,15-16,18-20,31-32H2,1H3/b17-8+. The molecule has 0 saturated heterocycles. The molecule has 4 N–H and O–H groups in total. The monoisotopic (exact) mass is 508 g/mol. The van der Waals surface area contributed by atoms with Crippen molar-refractivity contribution < 1.29 is 23.8 Å². The van der Waals surface area contributed by atoms with Crippen LogP contribution in [0, 0.1) is 5.92 Å². The van der Waals surface area contributed by atoms with Crippen LogP contribution < -0.4 is 16.2 Å². The average Bonchev–Trinajstić information content (AvgIpc) is 2.90. The Morgan fingerprint density at radius 3 is 2.41 bits per heavy atom. The molecular formula is C30H40N2O5. The van der Waals surface area contributed by atoms with Crippen LogP contribution >= 0.6 is 0 Å². The van der Waals surface area contributed by atoms with Gasteiger partial charge in [-0.2, -0.15) is 0 Å². The number of carbonyl (C=O) groups is 2. The third kappa shape index (κ3) is 9.92. The third-order valence-corrected chi connectivity index (χ3v) is 6.66. The van der Waals surface area contributed by atoms with E-state index in [1.807, 2.05) is 6.07 Å². The van der Waals surface area contributed by atoms with Crippen molar-refractivity contribution in [3.8, 4) is 5.75 Å². The van der Waals surface area contributed by atoms with Crippen LogP contribution in [0.5, 0.6) is 5.75 Å². The van der Waals surface area contributed by atoms with Crippen molar-refractivity contribution in [2.24, 2.45) is 5.92 Å². The Kier molecular flexibility index (Phi) is 11.5. The van der Waals surface area contributed by atoms with Gasteiger partial charge in [0.2, 0.25) is 0 Å². The van der Waals surface area contributed by atoms with Gasteiger partial charge in [-0.25, -0.2) is 4.79 Å². The minimum atomic E-state index is -0.440. The van der Waals surface area contributed by atoms with Crippen LogP contribution in [0.2, 0.25) is 0 Å². The number of ether oxygens (including phenoxy) is 3. The van der Waals surface area contributed by atoms with Crippen molar-refractivity contribution in [3.05, 3.63) is 59.7 Å². The number of nitrogen functional groups attached to an aromatic ring is 2. The number of carbonyl (C=O) groups excluding carboxylic acids is 2. The Bertz CT molecular complexity index is 1030. The summed E-state index contributed by atoms with van der Waals surface area (Å²) >= 11 is 0. The van der Waals surface area contributed by atoms with Gasteiger partial charge in [0.05, 0.1) is 18.6 Å². The highest BCUT2D eigenvalue weighted by molar-refractivity contribution is 5.87. The van der Waals surface area contributed by atoms with Crippen molar-refractivity contribution in [2.75, 3.05) is 24.7 Å². The number of unbranched alkanes of at least 4 members (excludes halogenated alkanes) is 3. The van der Waals surface area contributed by atoms with Crippen LogP contribution in [0.3, 0.4) is 0 Å². The maximum absolute atomic E-state index is 12.6. The van der Waals surface area contributed by atoms with Crippen molar-refractivity contribution >= 4 is 29.4 Å². The second-order valence-corrected chi connectivity index (χ2v) is 9.60. The Labute approximate surface area is 220 Å². The first-order valence-corrected chi connectivity index (χ1v) is 13.4. The quantitative estimate of drug-likeness (QED) is 0.117. The van der Waals surface area contributed by atoms with E-state index < -0.39 is 5.97 Å². The molecular weight excluding hydrogens is 468 g/mol. The maximum Gasteiger partial charge on any atom is 0.330 e. The van der Waals surface area contributed by atoms with Crippen molar-refractivity contribution in [1.82, 2.24) is 0 Å². The first-order chi connectivity index (χ1) is 17.9. The molecule has 0 heterocycles. The van der Waals surface area contributed by atoms with E-state index in [4.69, 9.17) is 25.7 Å². The van der Waals surface area contributed by atoms with Gasteiger partial charge in [-0.1, -0.05) is 44.4 Å². The number of rotatable bonds is 13. The molecule has 0 unspecified atom stereocenters. The summed E-state index contributed by atoms with van der Waals surface area (Å²) < 4.78 is 16.8. The summed E-state index contributed by atoms with van der Waals surface area (Å²) in [7, 11) is 0. The van der Waals surface area contributed by atoms with Crippen LogP contribution in [0.25, 0.3) is 6.08 Å². The highest BCUT2D eigenvalue weighted by atomic mass is 16.5. The Balaban J connectivity index is 1.35. The highest BCUT2D eigenvalue weighted by Crippen LogP contribution is 2.28. The molecule has 7 heteroatoms. The van der Waals surface area contributed by atoms with E-state index in [0.29, 0.717) is 23.5 Å². The second-order valence-electron chi connectivity index (χ2n) is 9.60. The average molecular weight is 509 g/mol. The fraction of sp³-hybridized carbons (Fsp3) is 0.467. The molecule has 0 radical (unpaired) electrons. The van der Waals surface area contributed by atoms with Crippen molar-refractivity contribution in [3.63, 3.8) is 0 Å². The van der Waals surface area contributed by atoms with E-state index in [9.17, 15) is 9.59 Å². The summed E-state index contributed by atoms with van der Waals surface area (Å²) in [6, 6.07) is 12.4. The minimum Gasteiger partial charge on any atom is -0.462 e. The first-order valence-electron chi connectivity index (χ1n) is 13.4. The van der Waals surface area contributed by atoms with Crippen LogP contribution in [0.4, 0.5) is 11.4 Å². The van der Waals surface area contributed by atoms with Crippen LogP contribution in [0.1, 0.15) is 69.4 Å². The molecule has 1 saturated carbocycles. The third-order valence-electron chi connectivity index (χ3n) is 6.66. The largest absolute Gasteiger partial charge is 0.462 e. The summed E-state index contributed by atoms with van der Waals surface area (Å²) in [5.74, 6) is -0.210. The van der Waals surface area contributed by atoms with Gasteiger partial charge in [-0.15, -0.1) is 0 Å². The van der Waals surface area contributed by atoms with Gasteiger partial charge in [-0.3, -0.25) is 4.79 Å². The number of esters is 2. The number of nitrogens with two attached hydrogens (primary N) is 2. The van der Waals surface area contributed by atoms with Gasteiger partial charge < -0.3 is 25.7 Å².